The fourth-order valence-corrected chi connectivity index (χ4v) is 3.78. The fraction of sp³-hybridized carbons (Fsp3) is 0. The van der Waals surface area contributed by atoms with E-state index in [4.69, 9.17) is 46.4 Å². The average Bonchev–Trinajstić information content (AvgIpc) is 2.64. The van der Waals surface area contributed by atoms with Crippen LogP contribution in [0.4, 0.5) is 22.7 Å². The number of anilines is 4. The Morgan fingerprint density at radius 1 is 0.500 bits per heavy atom. The Hall–Kier alpha value is -0.620. The van der Waals surface area contributed by atoms with Crippen LogP contribution in [-0.2, 0) is 0 Å². The van der Waals surface area contributed by atoms with Gasteiger partial charge in [0, 0.05) is 20.3 Å². The van der Waals surface area contributed by atoms with Gasteiger partial charge in [-0.1, -0.05) is 78.3 Å². The van der Waals surface area contributed by atoms with Gasteiger partial charge in [-0.2, -0.15) is 0 Å². The maximum atomic E-state index is 6.45. The van der Waals surface area contributed by atoms with Crippen LogP contribution in [0.25, 0.3) is 0 Å². The van der Waals surface area contributed by atoms with E-state index in [1.807, 2.05) is 48.5 Å². The van der Waals surface area contributed by atoms with Crippen molar-refractivity contribution in [3.63, 3.8) is 0 Å². The molecule has 2 N–H and O–H groups in total. The first kappa shape index (κ1) is 20.1. The molecule has 0 fully saturated rings. The first-order valence-electron chi connectivity index (χ1n) is 7.28. The Balaban J connectivity index is 1.98. The SMILES string of the molecule is Clc1c(Cl)c(Nc2ccc(Br)cc2)c(Cl)c(Cl)c1Nc1ccc(Br)cc1. The molecule has 0 atom stereocenters. The number of nitrogens with one attached hydrogen (secondary N) is 2. The predicted molar refractivity (Wildman–Crippen MR) is 121 cm³/mol. The molecule has 0 saturated heterocycles. The van der Waals surface area contributed by atoms with Crippen molar-refractivity contribution >= 4 is 101 Å². The second-order valence-corrected chi connectivity index (χ2v) is 8.61. The molecule has 0 saturated carbocycles. The molecule has 3 aromatic rings. The van der Waals surface area contributed by atoms with Crippen molar-refractivity contribution in [3.8, 4) is 0 Å². The van der Waals surface area contributed by atoms with Gasteiger partial charge in [0.15, 0.2) is 0 Å². The summed E-state index contributed by atoms with van der Waals surface area (Å²) >= 11 is 32.6. The third-order valence-electron chi connectivity index (χ3n) is 3.49. The van der Waals surface area contributed by atoms with Gasteiger partial charge in [-0.25, -0.2) is 0 Å². The van der Waals surface area contributed by atoms with Crippen molar-refractivity contribution in [1.82, 2.24) is 0 Å². The van der Waals surface area contributed by atoms with Gasteiger partial charge in [-0.3, -0.25) is 0 Å². The van der Waals surface area contributed by atoms with Gasteiger partial charge < -0.3 is 10.6 Å². The van der Waals surface area contributed by atoms with Crippen molar-refractivity contribution in [2.24, 2.45) is 0 Å². The fourth-order valence-electron chi connectivity index (χ4n) is 2.21. The van der Waals surface area contributed by atoms with Crippen molar-refractivity contribution in [1.29, 1.82) is 0 Å². The summed E-state index contributed by atoms with van der Waals surface area (Å²) in [6, 6.07) is 15.1. The lowest BCUT2D eigenvalue weighted by atomic mass is 10.2. The largest absolute Gasteiger partial charge is 0.353 e. The van der Waals surface area contributed by atoms with E-state index in [9.17, 15) is 0 Å². The molecule has 3 aromatic carbocycles. The number of rotatable bonds is 4. The van der Waals surface area contributed by atoms with E-state index >= 15 is 0 Å². The van der Waals surface area contributed by atoms with E-state index in [1.54, 1.807) is 0 Å². The third-order valence-corrected chi connectivity index (χ3v) is 6.25. The summed E-state index contributed by atoms with van der Waals surface area (Å²) in [6.45, 7) is 0. The molecule has 0 aromatic heterocycles. The Kier molecular flexibility index (Phi) is 6.65. The van der Waals surface area contributed by atoms with Crippen LogP contribution < -0.4 is 10.6 Å². The molecular weight excluding hydrogens is 546 g/mol. The van der Waals surface area contributed by atoms with Crippen LogP contribution >= 0.6 is 78.3 Å². The molecule has 2 nitrogen and oxygen atoms in total. The molecule has 0 spiro atoms. The molecule has 0 radical (unpaired) electrons. The highest BCUT2D eigenvalue weighted by Gasteiger charge is 2.21. The maximum absolute atomic E-state index is 6.45. The summed E-state index contributed by atoms with van der Waals surface area (Å²) in [6.07, 6.45) is 0. The third kappa shape index (κ3) is 4.44. The van der Waals surface area contributed by atoms with Crippen LogP contribution in [0.3, 0.4) is 0 Å². The molecule has 0 aliphatic carbocycles. The summed E-state index contributed by atoms with van der Waals surface area (Å²) in [5.41, 5.74) is 2.51. The van der Waals surface area contributed by atoms with Gasteiger partial charge in [0.1, 0.15) is 0 Å². The van der Waals surface area contributed by atoms with Crippen LogP contribution in [0.5, 0.6) is 0 Å². The predicted octanol–water partition coefficient (Wildman–Crippen LogP) is 9.31. The molecule has 0 aliphatic rings. The van der Waals surface area contributed by atoms with E-state index < -0.39 is 0 Å². The molecule has 0 unspecified atom stereocenters. The van der Waals surface area contributed by atoms with E-state index in [-0.39, 0.29) is 20.1 Å². The van der Waals surface area contributed by atoms with Crippen molar-refractivity contribution in [2.45, 2.75) is 0 Å². The molecule has 0 amide bonds. The van der Waals surface area contributed by atoms with Crippen LogP contribution in [0.15, 0.2) is 57.5 Å². The zero-order valence-electron chi connectivity index (χ0n) is 12.9. The lowest BCUT2D eigenvalue weighted by molar-refractivity contribution is 1.50. The van der Waals surface area contributed by atoms with Gasteiger partial charge in [-0.15, -0.1) is 0 Å². The summed E-state index contributed by atoms with van der Waals surface area (Å²) in [7, 11) is 0. The second kappa shape index (κ2) is 8.59. The smallest absolute Gasteiger partial charge is 0.0864 e. The van der Waals surface area contributed by atoms with Gasteiger partial charge in [0.05, 0.1) is 31.5 Å². The zero-order valence-corrected chi connectivity index (χ0v) is 19.1. The lowest BCUT2D eigenvalue weighted by Crippen LogP contribution is -1.98. The van der Waals surface area contributed by atoms with Gasteiger partial charge in [0.2, 0.25) is 0 Å². The minimum absolute atomic E-state index is 0.281. The highest BCUT2D eigenvalue weighted by Crippen LogP contribution is 2.49. The van der Waals surface area contributed by atoms with Crippen LogP contribution in [0.2, 0.25) is 20.1 Å². The number of hydrogen-bond donors (Lipinski definition) is 2. The van der Waals surface area contributed by atoms with E-state index in [1.165, 1.54) is 0 Å². The van der Waals surface area contributed by atoms with Crippen LogP contribution in [-0.4, -0.2) is 0 Å². The first-order chi connectivity index (χ1) is 12.4. The molecule has 0 aliphatic heterocycles. The number of hydrogen-bond acceptors (Lipinski definition) is 2. The molecule has 26 heavy (non-hydrogen) atoms. The number of benzene rings is 3. The van der Waals surface area contributed by atoms with Gasteiger partial charge >= 0.3 is 0 Å². The summed E-state index contributed by atoms with van der Waals surface area (Å²) in [5, 5.41) is 7.45. The van der Waals surface area contributed by atoms with E-state index in [2.05, 4.69) is 42.5 Å². The Morgan fingerprint density at radius 2 is 0.769 bits per heavy atom. The topological polar surface area (TPSA) is 24.1 Å². The average molecular weight is 556 g/mol. The quantitative estimate of drug-likeness (QED) is 0.313. The van der Waals surface area contributed by atoms with Crippen LogP contribution in [0, 0.1) is 0 Å². The zero-order chi connectivity index (χ0) is 18.8. The molecule has 134 valence electrons. The van der Waals surface area contributed by atoms with E-state index in [0.29, 0.717) is 11.4 Å². The molecule has 8 heteroatoms. The Bertz CT molecular complexity index is 837. The van der Waals surface area contributed by atoms with Crippen molar-refractivity contribution < 1.29 is 0 Å². The highest BCUT2D eigenvalue weighted by atomic mass is 79.9. The lowest BCUT2D eigenvalue weighted by Gasteiger charge is -2.18. The summed E-state index contributed by atoms with van der Waals surface area (Å²) < 4.78 is 1.93. The first-order valence-corrected chi connectivity index (χ1v) is 10.4. The second-order valence-electron chi connectivity index (χ2n) is 5.27. The molecule has 0 bridgehead atoms. The minimum Gasteiger partial charge on any atom is -0.353 e. The summed E-state index contributed by atoms with van der Waals surface area (Å²) in [4.78, 5) is 0. The summed E-state index contributed by atoms with van der Waals surface area (Å²) in [5.74, 6) is 0. The van der Waals surface area contributed by atoms with E-state index in [0.717, 1.165) is 20.3 Å². The van der Waals surface area contributed by atoms with Gasteiger partial charge in [-0.05, 0) is 48.5 Å². The monoisotopic (exact) mass is 552 g/mol. The maximum Gasteiger partial charge on any atom is 0.0864 e. The molecule has 3 rings (SSSR count). The van der Waals surface area contributed by atoms with Crippen molar-refractivity contribution in [2.75, 3.05) is 10.6 Å². The molecule has 0 heterocycles. The van der Waals surface area contributed by atoms with Gasteiger partial charge in [0.25, 0.3) is 0 Å². The Labute approximate surface area is 188 Å². The number of halogens is 6. The normalized spacial score (nSPS) is 10.7. The minimum atomic E-state index is 0.281. The Morgan fingerprint density at radius 3 is 1.04 bits per heavy atom. The van der Waals surface area contributed by atoms with Crippen LogP contribution in [0.1, 0.15) is 0 Å². The van der Waals surface area contributed by atoms with Crippen molar-refractivity contribution in [3.05, 3.63) is 77.6 Å². The molecular formula is C18H10Br2Cl4N2. The highest BCUT2D eigenvalue weighted by molar-refractivity contribution is 9.10. The standard InChI is InChI=1S/C18H10Br2Cl4N2/c19-9-1-5-11(6-2-9)25-17-13(21)15(23)18(16(24)14(17)22)26-12-7-3-10(20)4-8-12/h1-8,25-26H.